The average molecular weight is 240 g/mol. The summed E-state index contributed by atoms with van der Waals surface area (Å²) in [6.45, 7) is 3.18. The van der Waals surface area contributed by atoms with E-state index in [4.69, 9.17) is 18.0 Å². The van der Waals surface area contributed by atoms with Crippen LogP contribution in [-0.4, -0.2) is 19.3 Å². The highest BCUT2D eigenvalue weighted by atomic mass is 32.1. The Morgan fingerprint density at radius 1 is 1.62 bits per heavy atom. The standard InChI is InChI=1S/C10H16N4OS/c1-7(9(11)16)6-14-10(15)13-5-3-2-4-8(13)12-14/h7H,2-6H2,1H3,(H2,11,16). The predicted octanol–water partition coefficient (Wildman–Crippen LogP) is 0.303. The molecule has 2 heterocycles. The van der Waals surface area contributed by atoms with Crippen LogP contribution in [0.5, 0.6) is 0 Å². The third-order valence-corrected chi connectivity index (χ3v) is 3.37. The minimum absolute atomic E-state index is 0.00431. The summed E-state index contributed by atoms with van der Waals surface area (Å²) < 4.78 is 3.25. The van der Waals surface area contributed by atoms with Crippen molar-refractivity contribution in [1.82, 2.24) is 14.3 Å². The van der Waals surface area contributed by atoms with Crippen LogP contribution in [0.4, 0.5) is 0 Å². The van der Waals surface area contributed by atoms with E-state index in [0.717, 1.165) is 31.6 Å². The summed E-state index contributed by atoms with van der Waals surface area (Å²) in [7, 11) is 0. The molecule has 0 radical (unpaired) electrons. The van der Waals surface area contributed by atoms with Crippen LogP contribution in [0.25, 0.3) is 0 Å². The minimum Gasteiger partial charge on any atom is -0.393 e. The lowest BCUT2D eigenvalue weighted by atomic mass is 10.2. The van der Waals surface area contributed by atoms with E-state index in [-0.39, 0.29) is 11.6 Å². The maximum Gasteiger partial charge on any atom is 0.345 e. The molecule has 1 aliphatic rings. The molecule has 16 heavy (non-hydrogen) atoms. The number of thiocarbonyl (C=S) groups is 1. The van der Waals surface area contributed by atoms with Gasteiger partial charge in [0.2, 0.25) is 0 Å². The van der Waals surface area contributed by atoms with Crippen LogP contribution in [0.3, 0.4) is 0 Å². The summed E-state index contributed by atoms with van der Waals surface area (Å²) in [6.07, 6.45) is 3.06. The van der Waals surface area contributed by atoms with Gasteiger partial charge in [-0.15, -0.1) is 0 Å². The summed E-state index contributed by atoms with van der Waals surface area (Å²) in [4.78, 5) is 12.4. The molecule has 0 bridgehead atoms. The van der Waals surface area contributed by atoms with E-state index in [2.05, 4.69) is 5.10 Å². The van der Waals surface area contributed by atoms with Crippen molar-refractivity contribution in [3.05, 3.63) is 16.3 Å². The molecule has 1 aromatic rings. The maximum absolute atomic E-state index is 12.0. The first-order valence-corrected chi connectivity index (χ1v) is 5.96. The number of nitrogens with zero attached hydrogens (tertiary/aromatic N) is 3. The molecule has 0 saturated carbocycles. The second kappa shape index (κ2) is 4.37. The third kappa shape index (κ3) is 2.02. The molecule has 2 rings (SSSR count). The quantitative estimate of drug-likeness (QED) is 0.772. The monoisotopic (exact) mass is 240 g/mol. The normalized spacial score (nSPS) is 16.8. The summed E-state index contributed by atoms with van der Waals surface area (Å²) in [5.41, 5.74) is 5.51. The molecule has 88 valence electrons. The first-order chi connectivity index (χ1) is 7.59. The average Bonchev–Trinajstić information content (AvgIpc) is 2.56. The molecule has 1 atom stereocenters. The smallest absolute Gasteiger partial charge is 0.345 e. The fourth-order valence-corrected chi connectivity index (χ4v) is 1.99. The zero-order valence-electron chi connectivity index (χ0n) is 9.35. The minimum atomic E-state index is -0.0298. The van der Waals surface area contributed by atoms with Gasteiger partial charge in [0.15, 0.2) is 0 Å². The van der Waals surface area contributed by atoms with Gasteiger partial charge in [-0.3, -0.25) is 4.57 Å². The van der Waals surface area contributed by atoms with Gasteiger partial charge in [-0.25, -0.2) is 9.48 Å². The van der Waals surface area contributed by atoms with E-state index < -0.39 is 0 Å². The Morgan fingerprint density at radius 3 is 3.00 bits per heavy atom. The number of hydrogen-bond donors (Lipinski definition) is 1. The summed E-state index contributed by atoms with van der Waals surface area (Å²) in [6, 6.07) is 0. The molecule has 2 N–H and O–H groups in total. The molecule has 0 aliphatic carbocycles. The molecule has 1 aliphatic heterocycles. The number of rotatable bonds is 3. The van der Waals surface area contributed by atoms with Crippen molar-refractivity contribution >= 4 is 17.2 Å². The summed E-state index contributed by atoms with van der Waals surface area (Å²) in [5.74, 6) is 0.899. The highest BCUT2D eigenvalue weighted by molar-refractivity contribution is 7.80. The van der Waals surface area contributed by atoms with E-state index in [9.17, 15) is 4.79 Å². The molecule has 0 amide bonds. The second-order valence-electron chi connectivity index (χ2n) is 4.29. The molecule has 1 unspecified atom stereocenters. The molecule has 6 heteroatoms. The lowest BCUT2D eigenvalue weighted by molar-refractivity contribution is 0.504. The Morgan fingerprint density at radius 2 is 2.38 bits per heavy atom. The van der Waals surface area contributed by atoms with Crippen molar-refractivity contribution in [2.75, 3.05) is 0 Å². The Labute approximate surface area is 99.2 Å². The highest BCUT2D eigenvalue weighted by Crippen LogP contribution is 2.10. The Bertz CT molecular complexity index is 462. The van der Waals surface area contributed by atoms with Gasteiger partial charge in [0.25, 0.3) is 0 Å². The van der Waals surface area contributed by atoms with Crippen molar-refractivity contribution in [1.29, 1.82) is 0 Å². The molecule has 0 aromatic carbocycles. The van der Waals surface area contributed by atoms with Crippen molar-refractivity contribution in [3.8, 4) is 0 Å². The topological polar surface area (TPSA) is 65.8 Å². The van der Waals surface area contributed by atoms with E-state index >= 15 is 0 Å². The van der Waals surface area contributed by atoms with Gasteiger partial charge in [-0.2, -0.15) is 5.10 Å². The highest BCUT2D eigenvalue weighted by Gasteiger charge is 2.18. The largest absolute Gasteiger partial charge is 0.393 e. The number of fused-ring (bicyclic) bond motifs is 1. The first kappa shape index (κ1) is 11.3. The van der Waals surface area contributed by atoms with Crippen molar-refractivity contribution < 1.29 is 0 Å². The van der Waals surface area contributed by atoms with E-state index in [1.165, 1.54) is 4.68 Å². The number of aryl methyl sites for hydroxylation is 1. The zero-order chi connectivity index (χ0) is 11.7. The molecule has 1 aromatic heterocycles. The molecular weight excluding hydrogens is 224 g/mol. The van der Waals surface area contributed by atoms with Crippen LogP contribution in [0.15, 0.2) is 4.79 Å². The predicted molar refractivity (Wildman–Crippen MR) is 65.4 cm³/mol. The number of nitrogens with two attached hydrogens (primary N) is 1. The molecular formula is C10H16N4OS. The maximum atomic E-state index is 12.0. The Balaban J connectivity index is 2.26. The lowest BCUT2D eigenvalue weighted by Gasteiger charge is -2.09. The van der Waals surface area contributed by atoms with E-state index in [1.807, 2.05) is 6.92 Å². The van der Waals surface area contributed by atoms with Crippen LogP contribution in [-0.2, 0) is 19.5 Å². The van der Waals surface area contributed by atoms with Gasteiger partial charge >= 0.3 is 5.69 Å². The first-order valence-electron chi connectivity index (χ1n) is 5.55. The lowest BCUT2D eigenvalue weighted by Crippen LogP contribution is -2.31. The van der Waals surface area contributed by atoms with Gasteiger partial charge in [-0.1, -0.05) is 19.1 Å². The summed E-state index contributed by atoms with van der Waals surface area (Å²) >= 11 is 4.90. The van der Waals surface area contributed by atoms with Gasteiger partial charge in [0.05, 0.1) is 11.5 Å². The van der Waals surface area contributed by atoms with Gasteiger partial charge in [0, 0.05) is 18.9 Å². The van der Waals surface area contributed by atoms with E-state index in [0.29, 0.717) is 11.5 Å². The van der Waals surface area contributed by atoms with Gasteiger partial charge < -0.3 is 5.73 Å². The Hall–Kier alpha value is -1.17. The van der Waals surface area contributed by atoms with Crippen molar-refractivity contribution in [3.63, 3.8) is 0 Å². The second-order valence-corrected chi connectivity index (χ2v) is 4.76. The van der Waals surface area contributed by atoms with Crippen LogP contribution in [0.1, 0.15) is 25.6 Å². The SMILES string of the molecule is CC(Cn1nc2n(c1=O)CCCC2)C(N)=S. The van der Waals surface area contributed by atoms with Crippen LogP contribution in [0, 0.1) is 5.92 Å². The molecule has 0 spiro atoms. The van der Waals surface area contributed by atoms with Gasteiger partial charge in [0.1, 0.15) is 5.82 Å². The van der Waals surface area contributed by atoms with Crippen molar-refractivity contribution in [2.24, 2.45) is 11.7 Å². The molecule has 5 nitrogen and oxygen atoms in total. The fraction of sp³-hybridized carbons (Fsp3) is 0.700. The van der Waals surface area contributed by atoms with Gasteiger partial charge in [-0.05, 0) is 12.8 Å². The zero-order valence-corrected chi connectivity index (χ0v) is 10.2. The van der Waals surface area contributed by atoms with Crippen molar-refractivity contribution in [2.45, 2.75) is 39.3 Å². The van der Waals surface area contributed by atoms with Crippen LogP contribution < -0.4 is 11.4 Å². The molecule has 0 fully saturated rings. The number of aromatic nitrogens is 3. The number of hydrogen-bond acceptors (Lipinski definition) is 3. The molecule has 0 saturated heterocycles. The van der Waals surface area contributed by atoms with Crippen LogP contribution >= 0.6 is 12.2 Å². The Kier molecular flexibility index (Phi) is 3.09. The fourth-order valence-electron chi connectivity index (χ4n) is 1.92. The van der Waals surface area contributed by atoms with E-state index in [1.54, 1.807) is 4.57 Å². The third-order valence-electron chi connectivity index (χ3n) is 2.96. The van der Waals surface area contributed by atoms with Crippen LogP contribution in [0.2, 0.25) is 0 Å². The summed E-state index contributed by atoms with van der Waals surface area (Å²) in [5, 5.41) is 4.32.